The summed E-state index contributed by atoms with van der Waals surface area (Å²) in [5.74, 6) is 0. The van der Waals surface area contributed by atoms with Crippen LogP contribution < -0.4 is 5.73 Å². The largest absolute Gasteiger partial charge is 0.393 e. The Kier molecular flexibility index (Phi) is 6.18. The lowest BCUT2D eigenvalue weighted by molar-refractivity contribution is 0.163. The molecule has 2 N–H and O–H groups in total. The molecule has 0 atom stereocenters. The Morgan fingerprint density at radius 2 is 2.00 bits per heavy atom. The van der Waals surface area contributed by atoms with E-state index in [2.05, 4.69) is 11.8 Å². The minimum atomic E-state index is 0.662. The lowest BCUT2D eigenvalue weighted by Crippen LogP contribution is -2.37. The highest BCUT2D eigenvalue weighted by molar-refractivity contribution is 7.80. The molecule has 0 amide bonds. The van der Waals surface area contributed by atoms with E-state index in [1.807, 2.05) is 0 Å². The van der Waals surface area contributed by atoms with Gasteiger partial charge in [0, 0.05) is 6.04 Å². The molecule has 1 aliphatic rings. The molecule has 88 valence electrons. The molecule has 0 spiro atoms. The van der Waals surface area contributed by atoms with Crippen molar-refractivity contribution in [2.45, 2.75) is 57.9 Å². The van der Waals surface area contributed by atoms with Crippen LogP contribution in [0.1, 0.15) is 51.9 Å². The first-order valence-corrected chi connectivity index (χ1v) is 6.67. The fourth-order valence-corrected chi connectivity index (χ4v) is 2.65. The van der Waals surface area contributed by atoms with Gasteiger partial charge in [0.2, 0.25) is 0 Å². The minimum absolute atomic E-state index is 0.662. The van der Waals surface area contributed by atoms with Crippen LogP contribution in [0.2, 0.25) is 0 Å². The van der Waals surface area contributed by atoms with Gasteiger partial charge in [-0.3, -0.25) is 0 Å². The van der Waals surface area contributed by atoms with Gasteiger partial charge in [0.25, 0.3) is 0 Å². The van der Waals surface area contributed by atoms with E-state index in [-0.39, 0.29) is 0 Å². The predicted molar refractivity (Wildman–Crippen MR) is 70.1 cm³/mol. The Labute approximate surface area is 99.2 Å². The van der Waals surface area contributed by atoms with Crippen LogP contribution in [0.5, 0.6) is 0 Å². The first-order valence-electron chi connectivity index (χ1n) is 6.26. The number of rotatable bonds is 6. The van der Waals surface area contributed by atoms with Crippen molar-refractivity contribution < 1.29 is 0 Å². The Bertz CT molecular complexity index is 188. The van der Waals surface area contributed by atoms with Gasteiger partial charge in [0.05, 0.1) is 4.99 Å². The van der Waals surface area contributed by atoms with Crippen LogP contribution in [0.25, 0.3) is 0 Å². The van der Waals surface area contributed by atoms with Crippen LogP contribution in [-0.2, 0) is 0 Å². The van der Waals surface area contributed by atoms with Gasteiger partial charge >= 0.3 is 0 Å². The summed E-state index contributed by atoms with van der Waals surface area (Å²) in [4.78, 5) is 3.27. The van der Waals surface area contributed by atoms with Gasteiger partial charge in [0.15, 0.2) is 0 Å². The Morgan fingerprint density at radius 3 is 2.53 bits per heavy atom. The summed E-state index contributed by atoms with van der Waals surface area (Å²) in [6.45, 7) is 4.59. The predicted octanol–water partition coefficient (Wildman–Crippen LogP) is 2.71. The quantitative estimate of drug-likeness (QED) is 0.709. The van der Waals surface area contributed by atoms with Gasteiger partial charge in [0.1, 0.15) is 0 Å². The molecule has 3 heteroatoms. The maximum Gasteiger partial charge on any atom is 0.0727 e. The SMILES string of the molecule is CCN(CCCC(N)=S)C1CCCCC1. The van der Waals surface area contributed by atoms with Gasteiger partial charge in [-0.2, -0.15) is 0 Å². The van der Waals surface area contributed by atoms with E-state index in [0.717, 1.165) is 18.9 Å². The highest BCUT2D eigenvalue weighted by Crippen LogP contribution is 2.22. The smallest absolute Gasteiger partial charge is 0.0727 e. The first-order chi connectivity index (χ1) is 7.24. The molecule has 0 aromatic rings. The van der Waals surface area contributed by atoms with E-state index < -0.39 is 0 Å². The summed E-state index contributed by atoms with van der Waals surface area (Å²) in [6, 6.07) is 0.829. The molecule has 1 rings (SSSR count). The van der Waals surface area contributed by atoms with Gasteiger partial charge in [-0.25, -0.2) is 0 Å². The van der Waals surface area contributed by atoms with Crippen LogP contribution in [0, 0.1) is 0 Å². The van der Waals surface area contributed by atoms with Crippen molar-refractivity contribution >= 4 is 17.2 Å². The molecule has 0 aromatic carbocycles. The molecule has 0 bridgehead atoms. The molecule has 0 aliphatic heterocycles. The molecule has 0 heterocycles. The van der Waals surface area contributed by atoms with Gasteiger partial charge in [-0.15, -0.1) is 0 Å². The molecule has 0 radical (unpaired) electrons. The molecule has 0 saturated heterocycles. The standard InChI is InChI=1S/C12H24N2S/c1-2-14(10-6-9-12(13)15)11-7-4-3-5-8-11/h11H,2-10H2,1H3,(H2,13,15). The van der Waals surface area contributed by atoms with Crippen LogP contribution in [0.4, 0.5) is 0 Å². The average molecular weight is 228 g/mol. The van der Waals surface area contributed by atoms with Crippen molar-refractivity contribution in [3.63, 3.8) is 0 Å². The first kappa shape index (κ1) is 12.9. The maximum absolute atomic E-state index is 5.51. The third-order valence-corrected chi connectivity index (χ3v) is 3.57. The zero-order valence-electron chi connectivity index (χ0n) is 9.87. The van der Waals surface area contributed by atoms with Crippen molar-refractivity contribution in [3.05, 3.63) is 0 Å². The number of hydrogen-bond donors (Lipinski definition) is 1. The van der Waals surface area contributed by atoms with Gasteiger partial charge in [-0.1, -0.05) is 38.4 Å². The van der Waals surface area contributed by atoms with Crippen molar-refractivity contribution in [2.24, 2.45) is 5.73 Å². The lowest BCUT2D eigenvalue weighted by atomic mass is 9.94. The summed E-state index contributed by atoms with van der Waals surface area (Å²) in [6.07, 6.45) is 9.06. The lowest BCUT2D eigenvalue weighted by Gasteiger charge is -2.33. The van der Waals surface area contributed by atoms with Gasteiger partial charge < -0.3 is 10.6 Å². The third-order valence-electron chi connectivity index (χ3n) is 3.37. The van der Waals surface area contributed by atoms with Crippen LogP contribution in [0.3, 0.4) is 0 Å². The number of hydrogen-bond acceptors (Lipinski definition) is 2. The summed E-state index contributed by atoms with van der Waals surface area (Å²) in [5.41, 5.74) is 5.51. The van der Waals surface area contributed by atoms with Gasteiger partial charge in [-0.05, 0) is 38.8 Å². The van der Waals surface area contributed by atoms with Crippen molar-refractivity contribution in [2.75, 3.05) is 13.1 Å². The van der Waals surface area contributed by atoms with E-state index in [9.17, 15) is 0 Å². The van der Waals surface area contributed by atoms with E-state index >= 15 is 0 Å². The fraction of sp³-hybridized carbons (Fsp3) is 0.917. The molecule has 0 unspecified atom stereocenters. The molecule has 15 heavy (non-hydrogen) atoms. The second-order valence-electron chi connectivity index (χ2n) is 4.49. The Hall–Kier alpha value is -0.150. The third kappa shape index (κ3) is 4.94. The van der Waals surface area contributed by atoms with Crippen LogP contribution in [-0.4, -0.2) is 29.0 Å². The molecular weight excluding hydrogens is 204 g/mol. The van der Waals surface area contributed by atoms with Crippen LogP contribution in [0.15, 0.2) is 0 Å². The number of thiocarbonyl (C=S) groups is 1. The number of nitrogens with zero attached hydrogens (tertiary/aromatic N) is 1. The van der Waals surface area contributed by atoms with E-state index in [4.69, 9.17) is 18.0 Å². The second-order valence-corrected chi connectivity index (χ2v) is 5.01. The average Bonchev–Trinajstić information content (AvgIpc) is 2.25. The van der Waals surface area contributed by atoms with E-state index in [1.54, 1.807) is 0 Å². The second kappa shape index (κ2) is 7.18. The van der Waals surface area contributed by atoms with Crippen molar-refractivity contribution in [1.29, 1.82) is 0 Å². The monoisotopic (exact) mass is 228 g/mol. The summed E-state index contributed by atoms with van der Waals surface area (Å²) < 4.78 is 0. The van der Waals surface area contributed by atoms with Crippen molar-refractivity contribution in [3.8, 4) is 0 Å². The van der Waals surface area contributed by atoms with Crippen LogP contribution >= 0.6 is 12.2 Å². The van der Waals surface area contributed by atoms with E-state index in [1.165, 1.54) is 45.2 Å². The summed E-state index contributed by atoms with van der Waals surface area (Å²) in [7, 11) is 0. The summed E-state index contributed by atoms with van der Waals surface area (Å²) in [5, 5.41) is 0. The number of nitrogens with two attached hydrogens (primary N) is 1. The molecular formula is C12H24N2S. The topological polar surface area (TPSA) is 29.3 Å². The zero-order valence-corrected chi connectivity index (χ0v) is 10.7. The van der Waals surface area contributed by atoms with Crippen molar-refractivity contribution in [1.82, 2.24) is 4.90 Å². The highest BCUT2D eigenvalue weighted by atomic mass is 32.1. The maximum atomic E-state index is 5.51. The molecule has 1 fully saturated rings. The summed E-state index contributed by atoms with van der Waals surface area (Å²) >= 11 is 4.90. The molecule has 1 aliphatic carbocycles. The highest BCUT2D eigenvalue weighted by Gasteiger charge is 2.18. The normalized spacial score (nSPS) is 18.3. The Morgan fingerprint density at radius 1 is 1.33 bits per heavy atom. The molecule has 1 saturated carbocycles. The fourth-order valence-electron chi connectivity index (χ4n) is 2.50. The Balaban J connectivity index is 2.24. The zero-order chi connectivity index (χ0) is 11.1. The molecule has 2 nitrogen and oxygen atoms in total. The van der Waals surface area contributed by atoms with E-state index in [0.29, 0.717) is 4.99 Å². The molecule has 0 aromatic heterocycles. The minimum Gasteiger partial charge on any atom is -0.393 e.